The summed E-state index contributed by atoms with van der Waals surface area (Å²) in [5.41, 5.74) is 2.26. The first-order valence-electron chi connectivity index (χ1n) is 8.07. The fourth-order valence-electron chi connectivity index (χ4n) is 3.31. The molecule has 1 aliphatic rings. The molecule has 24 heavy (non-hydrogen) atoms. The zero-order valence-electron chi connectivity index (χ0n) is 14.1. The van der Waals surface area contributed by atoms with Gasteiger partial charge in [0, 0.05) is 22.7 Å². The molecule has 2 heterocycles. The third kappa shape index (κ3) is 2.47. The van der Waals surface area contributed by atoms with E-state index in [1.807, 2.05) is 41.2 Å². The van der Waals surface area contributed by atoms with Gasteiger partial charge in [0.15, 0.2) is 0 Å². The second-order valence-corrected chi connectivity index (χ2v) is 7.21. The van der Waals surface area contributed by atoms with Crippen molar-refractivity contribution in [3.63, 3.8) is 0 Å². The number of carbonyl (C=O) groups is 2. The van der Waals surface area contributed by atoms with Gasteiger partial charge in [-0.3, -0.25) is 9.59 Å². The molecule has 0 amide bonds. The third-order valence-electron chi connectivity index (χ3n) is 4.99. The number of fused-ring (bicyclic) bond motifs is 1. The lowest BCUT2D eigenvalue weighted by Crippen LogP contribution is -2.29. The van der Waals surface area contributed by atoms with Gasteiger partial charge in [0.1, 0.15) is 11.1 Å². The number of carboxylic acid groups (broad SMARTS) is 1. The Morgan fingerprint density at radius 1 is 1.29 bits per heavy atom. The van der Waals surface area contributed by atoms with E-state index in [9.17, 15) is 14.7 Å². The summed E-state index contributed by atoms with van der Waals surface area (Å²) in [5, 5.41) is 9.60. The summed E-state index contributed by atoms with van der Waals surface area (Å²) < 4.78 is 1.90. The fraction of sp³-hybridized carbons (Fsp3) is 0.368. The van der Waals surface area contributed by atoms with Gasteiger partial charge >= 0.3 is 5.97 Å². The number of hydrogen-bond donors (Lipinski definition) is 1. The minimum atomic E-state index is -0.922. The number of benzene rings is 1. The molecule has 0 saturated carbocycles. The monoisotopic (exact) mass is 343 g/mol. The van der Waals surface area contributed by atoms with Crippen LogP contribution in [-0.2, 0) is 23.2 Å². The maximum absolute atomic E-state index is 13.0. The third-order valence-corrected chi connectivity index (χ3v) is 5.75. The van der Waals surface area contributed by atoms with Gasteiger partial charge in [-0.05, 0) is 37.7 Å². The number of aromatic nitrogens is 1. The molecule has 0 bridgehead atoms. The highest BCUT2D eigenvalue weighted by atomic mass is 32.2. The largest absolute Gasteiger partial charge is 0.481 e. The molecular formula is C19H21NO3S. The van der Waals surface area contributed by atoms with Crippen LogP contribution in [0.25, 0.3) is 0 Å². The molecule has 0 radical (unpaired) electrons. The van der Waals surface area contributed by atoms with Crippen molar-refractivity contribution in [3.05, 3.63) is 52.8 Å². The summed E-state index contributed by atoms with van der Waals surface area (Å²) in [7, 11) is 0. The lowest BCUT2D eigenvalue weighted by atomic mass is 9.86. The molecule has 2 aromatic rings. The van der Waals surface area contributed by atoms with E-state index in [1.54, 1.807) is 6.92 Å². The van der Waals surface area contributed by atoms with Crippen LogP contribution < -0.4 is 0 Å². The molecule has 1 unspecified atom stereocenters. The highest BCUT2D eigenvalue weighted by Crippen LogP contribution is 2.41. The predicted molar refractivity (Wildman–Crippen MR) is 95.1 cm³/mol. The van der Waals surface area contributed by atoms with E-state index in [-0.39, 0.29) is 5.78 Å². The standard InChI is InChI=1S/C19H21NO3S/c1-4-12-5-7-13(8-6-12)17(21)16-14(24-3)11-15-19(2,18(22)23)9-10-20(15)16/h5-8,11H,4,9-10H2,1-3H3,(H,22,23). The first-order chi connectivity index (χ1) is 11.4. The average molecular weight is 343 g/mol. The molecule has 126 valence electrons. The van der Waals surface area contributed by atoms with Crippen LogP contribution in [0.15, 0.2) is 35.2 Å². The van der Waals surface area contributed by atoms with Gasteiger partial charge in [-0.2, -0.15) is 0 Å². The number of aliphatic carboxylic acids is 1. The van der Waals surface area contributed by atoms with Crippen LogP contribution in [0.1, 0.15) is 47.6 Å². The lowest BCUT2D eigenvalue weighted by molar-refractivity contribution is -0.143. The highest BCUT2D eigenvalue weighted by Gasteiger charge is 2.44. The normalized spacial score (nSPS) is 19.3. The van der Waals surface area contributed by atoms with Gasteiger partial charge in [0.2, 0.25) is 5.78 Å². The van der Waals surface area contributed by atoms with Crippen molar-refractivity contribution in [3.8, 4) is 0 Å². The minimum Gasteiger partial charge on any atom is -0.481 e. The molecule has 5 heteroatoms. The van der Waals surface area contributed by atoms with Gasteiger partial charge in [-0.25, -0.2) is 0 Å². The summed E-state index contributed by atoms with van der Waals surface area (Å²) in [4.78, 5) is 25.6. The Kier molecular flexibility index (Phi) is 4.30. The van der Waals surface area contributed by atoms with E-state index >= 15 is 0 Å². The lowest BCUT2D eigenvalue weighted by Gasteiger charge is -2.16. The SMILES string of the molecule is CCc1ccc(C(=O)c2c(SC)cc3n2CCC3(C)C(=O)O)cc1. The van der Waals surface area contributed by atoms with Crippen molar-refractivity contribution in [1.82, 2.24) is 4.57 Å². The van der Waals surface area contributed by atoms with Gasteiger partial charge in [0.05, 0.1) is 0 Å². The van der Waals surface area contributed by atoms with Crippen molar-refractivity contribution in [2.75, 3.05) is 6.26 Å². The zero-order valence-corrected chi connectivity index (χ0v) is 14.9. The number of rotatable bonds is 5. The van der Waals surface area contributed by atoms with Crippen LogP contribution in [0.4, 0.5) is 0 Å². The van der Waals surface area contributed by atoms with Gasteiger partial charge in [0.25, 0.3) is 0 Å². The summed E-state index contributed by atoms with van der Waals surface area (Å²) in [5.74, 6) is -0.874. The molecule has 4 nitrogen and oxygen atoms in total. The second-order valence-electron chi connectivity index (χ2n) is 6.37. The van der Waals surface area contributed by atoms with Gasteiger partial charge in [-0.15, -0.1) is 11.8 Å². The van der Waals surface area contributed by atoms with Gasteiger partial charge in [-0.1, -0.05) is 31.2 Å². The van der Waals surface area contributed by atoms with E-state index in [1.165, 1.54) is 17.3 Å². The van der Waals surface area contributed by atoms with Gasteiger partial charge < -0.3 is 9.67 Å². The molecule has 0 aliphatic carbocycles. The quantitative estimate of drug-likeness (QED) is 0.663. The predicted octanol–water partition coefficient (Wildman–Crippen LogP) is 3.75. The molecule has 3 rings (SSSR count). The van der Waals surface area contributed by atoms with E-state index < -0.39 is 11.4 Å². The van der Waals surface area contributed by atoms with Crippen LogP contribution in [0.2, 0.25) is 0 Å². The topological polar surface area (TPSA) is 59.3 Å². The highest BCUT2D eigenvalue weighted by molar-refractivity contribution is 7.98. The Labute approximate surface area is 145 Å². The van der Waals surface area contributed by atoms with Crippen molar-refractivity contribution in [2.24, 2.45) is 0 Å². The maximum Gasteiger partial charge on any atom is 0.315 e. The van der Waals surface area contributed by atoms with E-state index in [0.29, 0.717) is 24.2 Å². The van der Waals surface area contributed by atoms with Crippen LogP contribution in [0.5, 0.6) is 0 Å². The molecule has 1 N–H and O–H groups in total. The Bertz CT molecular complexity index is 807. The molecule has 1 aromatic heterocycles. The van der Waals surface area contributed by atoms with Crippen LogP contribution in [-0.4, -0.2) is 27.7 Å². The first kappa shape index (κ1) is 16.8. The molecule has 1 aromatic carbocycles. The Hall–Kier alpha value is -2.01. The van der Waals surface area contributed by atoms with Crippen LogP contribution in [0, 0.1) is 0 Å². The second kappa shape index (κ2) is 6.13. The number of carboxylic acids is 1. The van der Waals surface area contributed by atoms with Crippen molar-refractivity contribution in [2.45, 2.75) is 43.5 Å². The van der Waals surface area contributed by atoms with Crippen molar-refractivity contribution >= 4 is 23.5 Å². The summed E-state index contributed by atoms with van der Waals surface area (Å²) in [6.07, 6.45) is 3.36. The fourth-order valence-corrected chi connectivity index (χ4v) is 3.94. The maximum atomic E-state index is 13.0. The Morgan fingerprint density at radius 2 is 1.96 bits per heavy atom. The van der Waals surface area contributed by atoms with E-state index in [2.05, 4.69) is 6.92 Å². The Balaban J connectivity index is 2.08. The number of carbonyl (C=O) groups excluding carboxylic acids is 1. The molecule has 0 fully saturated rings. The summed E-state index contributed by atoms with van der Waals surface area (Å²) in [6, 6.07) is 9.54. The first-order valence-corrected chi connectivity index (χ1v) is 9.30. The Morgan fingerprint density at radius 3 is 2.50 bits per heavy atom. The number of nitrogens with zero attached hydrogens (tertiary/aromatic N) is 1. The molecule has 0 spiro atoms. The van der Waals surface area contributed by atoms with Crippen molar-refractivity contribution in [1.29, 1.82) is 0 Å². The molecule has 1 aliphatic heterocycles. The zero-order chi connectivity index (χ0) is 17.5. The van der Waals surface area contributed by atoms with Crippen molar-refractivity contribution < 1.29 is 14.7 Å². The summed E-state index contributed by atoms with van der Waals surface area (Å²) in [6.45, 7) is 4.38. The van der Waals surface area contributed by atoms with E-state index in [4.69, 9.17) is 0 Å². The van der Waals surface area contributed by atoms with Crippen LogP contribution in [0.3, 0.4) is 0 Å². The molecule has 1 atom stereocenters. The smallest absolute Gasteiger partial charge is 0.315 e. The average Bonchev–Trinajstić information content (AvgIpc) is 3.12. The van der Waals surface area contributed by atoms with Crippen LogP contribution >= 0.6 is 11.8 Å². The van der Waals surface area contributed by atoms with E-state index in [0.717, 1.165) is 17.0 Å². The summed E-state index contributed by atoms with van der Waals surface area (Å²) >= 11 is 1.49. The number of hydrogen-bond acceptors (Lipinski definition) is 3. The minimum absolute atomic E-state index is 0.0390. The number of aryl methyl sites for hydroxylation is 1. The number of ketones is 1. The number of thioether (sulfide) groups is 1. The molecular weight excluding hydrogens is 322 g/mol. The molecule has 0 saturated heterocycles.